The van der Waals surface area contributed by atoms with Gasteiger partial charge in [-0.3, -0.25) is 10.1 Å². The van der Waals surface area contributed by atoms with Crippen molar-refractivity contribution in [1.82, 2.24) is 0 Å². The minimum atomic E-state index is -0.345. The zero-order valence-corrected chi connectivity index (χ0v) is 14.3. The van der Waals surface area contributed by atoms with Gasteiger partial charge in [0.15, 0.2) is 0 Å². The molecule has 0 spiro atoms. The second-order valence-electron chi connectivity index (χ2n) is 5.55. The van der Waals surface area contributed by atoms with Crippen molar-refractivity contribution in [3.05, 3.63) is 68.2 Å². The fourth-order valence-electron chi connectivity index (χ4n) is 2.85. The zero-order valence-electron chi connectivity index (χ0n) is 12.7. The number of rotatable bonds is 3. The van der Waals surface area contributed by atoms with Crippen molar-refractivity contribution >= 4 is 27.3 Å². The SMILES string of the molecule is Cc1cc(N2CCOC(c3ccccc3Br)C2)ccc1[N+](=O)[O-]. The lowest BCUT2D eigenvalue weighted by atomic mass is 10.1. The first-order valence-electron chi connectivity index (χ1n) is 7.42. The second kappa shape index (κ2) is 6.68. The van der Waals surface area contributed by atoms with Crippen molar-refractivity contribution in [1.29, 1.82) is 0 Å². The van der Waals surface area contributed by atoms with Gasteiger partial charge in [-0.1, -0.05) is 34.1 Å². The summed E-state index contributed by atoms with van der Waals surface area (Å²) in [4.78, 5) is 12.8. The third kappa shape index (κ3) is 3.38. The molecule has 0 bridgehead atoms. The Balaban J connectivity index is 1.83. The third-order valence-electron chi connectivity index (χ3n) is 4.06. The quantitative estimate of drug-likeness (QED) is 0.593. The van der Waals surface area contributed by atoms with Crippen LogP contribution in [0.3, 0.4) is 0 Å². The Hall–Kier alpha value is -1.92. The molecule has 6 heteroatoms. The van der Waals surface area contributed by atoms with Crippen LogP contribution in [0.1, 0.15) is 17.2 Å². The molecule has 1 atom stereocenters. The molecular weight excluding hydrogens is 360 g/mol. The van der Waals surface area contributed by atoms with E-state index in [1.807, 2.05) is 30.3 Å². The summed E-state index contributed by atoms with van der Waals surface area (Å²) in [7, 11) is 0. The van der Waals surface area contributed by atoms with Crippen molar-refractivity contribution in [3.63, 3.8) is 0 Å². The molecular formula is C17H17BrN2O3. The molecule has 2 aromatic rings. The zero-order chi connectivity index (χ0) is 16.4. The van der Waals surface area contributed by atoms with Gasteiger partial charge in [0.1, 0.15) is 6.10 Å². The van der Waals surface area contributed by atoms with Gasteiger partial charge in [-0.15, -0.1) is 0 Å². The average Bonchev–Trinajstić information content (AvgIpc) is 2.55. The molecule has 0 N–H and O–H groups in total. The Morgan fingerprint density at radius 2 is 2.09 bits per heavy atom. The minimum Gasteiger partial charge on any atom is -0.370 e. The summed E-state index contributed by atoms with van der Waals surface area (Å²) in [5, 5.41) is 11.0. The van der Waals surface area contributed by atoms with E-state index in [0.717, 1.165) is 28.8 Å². The molecule has 1 unspecified atom stereocenters. The molecule has 0 saturated carbocycles. The highest BCUT2D eigenvalue weighted by Crippen LogP contribution is 2.32. The molecule has 3 rings (SSSR count). The molecule has 0 amide bonds. The maximum absolute atomic E-state index is 11.0. The second-order valence-corrected chi connectivity index (χ2v) is 6.41. The number of hydrogen-bond acceptors (Lipinski definition) is 4. The molecule has 1 aliphatic heterocycles. The van der Waals surface area contributed by atoms with Crippen LogP contribution < -0.4 is 4.90 Å². The Bertz CT molecular complexity index is 736. The predicted octanol–water partition coefficient (Wildman–Crippen LogP) is 4.24. The van der Waals surface area contributed by atoms with E-state index >= 15 is 0 Å². The minimum absolute atomic E-state index is 0.0187. The van der Waals surface area contributed by atoms with Crippen LogP contribution in [-0.2, 0) is 4.74 Å². The summed E-state index contributed by atoms with van der Waals surface area (Å²) in [6.45, 7) is 3.90. The predicted molar refractivity (Wildman–Crippen MR) is 92.9 cm³/mol. The van der Waals surface area contributed by atoms with Crippen LogP contribution in [0.5, 0.6) is 0 Å². The Morgan fingerprint density at radius 1 is 1.30 bits per heavy atom. The number of nitro benzene ring substituents is 1. The van der Waals surface area contributed by atoms with Crippen molar-refractivity contribution < 1.29 is 9.66 Å². The van der Waals surface area contributed by atoms with Crippen molar-refractivity contribution in [2.75, 3.05) is 24.6 Å². The lowest BCUT2D eigenvalue weighted by Gasteiger charge is -2.35. The maximum Gasteiger partial charge on any atom is 0.272 e. The van der Waals surface area contributed by atoms with Crippen LogP contribution >= 0.6 is 15.9 Å². The van der Waals surface area contributed by atoms with Gasteiger partial charge < -0.3 is 9.64 Å². The van der Waals surface area contributed by atoms with Crippen LogP contribution in [0.15, 0.2) is 46.9 Å². The standard InChI is InChI=1S/C17H17BrN2O3/c1-12-10-13(6-7-16(12)20(21)22)19-8-9-23-17(11-19)14-4-2-3-5-15(14)18/h2-7,10,17H,8-9,11H2,1H3. The van der Waals surface area contributed by atoms with Crippen LogP contribution in [-0.4, -0.2) is 24.6 Å². The number of nitrogens with zero attached hydrogens (tertiary/aromatic N) is 2. The van der Waals surface area contributed by atoms with E-state index in [1.165, 1.54) is 0 Å². The van der Waals surface area contributed by atoms with E-state index in [2.05, 4.69) is 26.9 Å². The van der Waals surface area contributed by atoms with E-state index in [0.29, 0.717) is 12.2 Å². The topological polar surface area (TPSA) is 55.6 Å². The number of anilines is 1. The first-order chi connectivity index (χ1) is 11.1. The number of morpholine rings is 1. The normalized spacial score (nSPS) is 18.0. The highest BCUT2D eigenvalue weighted by molar-refractivity contribution is 9.10. The van der Waals surface area contributed by atoms with Crippen LogP contribution in [0.25, 0.3) is 0 Å². The highest BCUT2D eigenvalue weighted by atomic mass is 79.9. The van der Waals surface area contributed by atoms with Gasteiger partial charge >= 0.3 is 0 Å². The fourth-order valence-corrected chi connectivity index (χ4v) is 3.39. The van der Waals surface area contributed by atoms with E-state index in [1.54, 1.807) is 13.0 Å². The van der Waals surface area contributed by atoms with Crippen molar-refractivity contribution in [3.8, 4) is 0 Å². The number of hydrogen-bond donors (Lipinski definition) is 0. The highest BCUT2D eigenvalue weighted by Gasteiger charge is 2.24. The number of halogens is 1. The molecule has 1 heterocycles. The van der Waals surface area contributed by atoms with Gasteiger partial charge in [0.2, 0.25) is 0 Å². The molecule has 2 aromatic carbocycles. The molecule has 0 radical (unpaired) electrons. The molecule has 1 fully saturated rings. The molecule has 5 nitrogen and oxygen atoms in total. The van der Waals surface area contributed by atoms with Gasteiger partial charge in [-0.05, 0) is 30.7 Å². The summed E-state index contributed by atoms with van der Waals surface area (Å²) in [6, 6.07) is 13.3. The molecule has 0 aliphatic carbocycles. The first-order valence-corrected chi connectivity index (χ1v) is 8.21. The Kier molecular flexibility index (Phi) is 4.63. The summed E-state index contributed by atoms with van der Waals surface area (Å²) in [5.74, 6) is 0. The van der Waals surface area contributed by atoms with Gasteiger partial charge in [0, 0.05) is 34.9 Å². The summed E-state index contributed by atoms with van der Waals surface area (Å²) in [6.07, 6.45) is -0.0187. The summed E-state index contributed by atoms with van der Waals surface area (Å²) >= 11 is 3.57. The van der Waals surface area contributed by atoms with E-state index in [9.17, 15) is 10.1 Å². The van der Waals surface area contributed by atoms with Gasteiger partial charge in [-0.25, -0.2) is 0 Å². The monoisotopic (exact) mass is 376 g/mol. The van der Waals surface area contributed by atoms with Crippen LogP contribution in [0, 0.1) is 17.0 Å². The van der Waals surface area contributed by atoms with Crippen molar-refractivity contribution in [2.45, 2.75) is 13.0 Å². The fraction of sp³-hybridized carbons (Fsp3) is 0.294. The van der Waals surface area contributed by atoms with E-state index < -0.39 is 0 Å². The molecule has 1 saturated heterocycles. The lowest BCUT2D eigenvalue weighted by Crippen LogP contribution is -2.38. The van der Waals surface area contributed by atoms with Gasteiger partial charge in [-0.2, -0.15) is 0 Å². The molecule has 23 heavy (non-hydrogen) atoms. The van der Waals surface area contributed by atoms with Crippen LogP contribution in [0.4, 0.5) is 11.4 Å². The molecule has 1 aliphatic rings. The Morgan fingerprint density at radius 3 is 2.78 bits per heavy atom. The lowest BCUT2D eigenvalue weighted by molar-refractivity contribution is -0.385. The number of nitro groups is 1. The maximum atomic E-state index is 11.0. The average molecular weight is 377 g/mol. The number of benzene rings is 2. The number of aryl methyl sites for hydroxylation is 1. The first kappa shape index (κ1) is 16.0. The molecule has 0 aromatic heterocycles. The van der Waals surface area contributed by atoms with Crippen molar-refractivity contribution in [2.24, 2.45) is 0 Å². The third-order valence-corrected chi connectivity index (χ3v) is 4.78. The molecule has 120 valence electrons. The smallest absolute Gasteiger partial charge is 0.272 e. The van der Waals surface area contributed by atoms with Crippen LogP contribution in [0.2, 0.25) is 0 Å². The van der Waals surface area contributed by atoms with Gasteiger partial charge in [0.05, 0.1) is 11.5 Å². The summed E-state index contributed by atoms with van der Waals surface area (Å²) < 4.78 is 6.94. The Labute approximate surface area is 143 Å². The van der Waals surface area contributed by atoms with E-state index in [4.69, 9.17) is 4.74 Å². The van der Waals surface area contributed by atoms with Gasteiger partial charge in [0.25, 0.3) is 5.69 Å². The van der Waals surface area contributed by atoms with E-state index in [-0.39, 0.29) is 16.7 Å². The largest absolute Gasteiger partial charge is 0.370 e. The summed E-state index contributed by atoms with van der Waals surface area (Å²) in [5.41, 5.74) is 2.95. The number of ether oxygens (including phenoxy) is 1.